The van der Waals surface area contributed by atoms with Crippen molar-refractivity contribution in [1.82, 2.24) is 19.3 Å². The van der Waals surface area contributed by atoms with Gasteiger partial charge in [0.1, 0.15) is 5.52 Å². The summed E-state index contributed by atoms with van der Waals surface area (Å²) in [5, 5.41) is 14.0. The fraction of sp³-hybridized carbons (Fsp3) is 0.615. The number of thioether (sulfide) groups is 1. The number of nitrogens with zero attached hydrogens (tertiary/aromatic N) is 4. The first kappa shape index (κ1) is 15.8. The molecule has 0 bridgehead atoms. The predicted molar refractivity (Wildman–Crippen MR) is 80.7 cm³/mol. The molecule has 2 aromatic heterocycles. The summed E-state index contributed by atoms with van der Waals surface area (Å²) in [5.74, 6) is -0.857. The zero-order valence-electron chi connectivity index (χ0n) is 12.5. The Morgan fingerprint density at radius 3 is 2.81 bits per heavy atom. The molecule has 0 amide bonds. The molecule has 2 aromatic rings. The van der Waals surface area contributed by atoms with Gasteiger partial charge in [-0.1, -0.05) is 18.7 Å². The van der Waals surface area contributed by atoms with E-state index in [9.17, 15) is 4.79 Å². The third kappa shape index (κ3) is 3.38. The van der Waals surface area contributed by atoms with Crippen LogP contribution in [0.15, 0.2) is 5.16 Å². The summed E-state index contributed by atoms with van der Waals surface area (Å²) >= 11 is 1.23. The zero-order chi connectivity index (χ0) is 15.4. The number of fused-ring (bicyclic) bond motifs is 1. The van der Waals surface area contributed by atoms with Gasteiger partial charge in [0, 0.05) is 13.7 Å². The van der Waals surface area contributed by atoms with E-state index in [-0.39, 0.29) is 5.75 Å². The van der Waals surface area contributed by atoms with Gasteiger partial charge < -0.3 is 14.4 Å². The molecule has 116 valence electrons. The van der Waals surface area contributed by atoms with Gasteiger partial charge in [-0.2, -0.15) is 5.10 Å². The van der Waals surface area contributed by atoms with Crippen LogP contribution in [0.3, 0.4) is 0 Å². The van der Waals surface area contributed by atoms with E-state index < -0.39 is 5.97 Å². The van der Waals surface area contributed by atoms with Gasteiger partial charge >= 0.3 is 5.97 Å². The molecule has 7 nitrogen and oxygen atoms in total. The highest BCUT2D eigenvalue weighted by atomic mass is 32.2. The molecule has 0 aliphatic rings. The summed E-state index contributed by atoms with van der Waals surface area (Å²) in [6.45, 7) is 5.83. The Labute approximate surface area is 127 Å². The molecule has 2 rings (SSSR count). The summed E-state index contributed by atoms with van der Waals surface area (Å²) in [4.78, 5) is 15.4. The number of hydrogen-bond donors (Lipinski definition) is 1. The summed E-state index contributed by atoms with van der Waals surface area (Å²) in [6.07, 6.45) is 0.794. The second-order valence-electron chi connectivity index (χ2n) is 4.52. The van der Waals surface area contributed by atoms with Crippen molar-refractivity contribution in [2.45, 2.75) is 32.0 Å². The maximum Gasteiger partial charge on any atom is 0.313 e. The van der Waals surface area contributed by atoms with Crippen LogP contribution in [-0.2, 0) is 29.5 Å². The van der Waals surface area contributed by atoms with E-state index in [0.717, 1.165) is 23.3 Å². The van der Waals surface area contributed by atoms with Crippen molar-refractivity contribution < 1.29 is 14.6 Å². The van der Waals surface area contributed by atoms with Crippen molar-refractivity contribution in [3.63, 3.8) is 0 Å². The molecule has 0 aliphatic carbocycles. The SMILES string of the molecule is CCOCCn1c(SCC(=O)O)nc2c(CC)nn(C)c21. The fourth-order valence-corrected chi connectivity index (χ4v) is 2.94. The van der Waals surface area contributed by atoms with E-state index in [0.29, 0.717) is 24.9 Å². The maximum absolute atomic E-state index is 10.8. The van der Waals surface area contributed by atoms with Crippen LogP contribution in [0.25, 0.3) is 11.2 Å². The van der Waals surface area contributed by atoms with Crippen molar-refractivity contribution >= 4 is 28.9 Å². The smallest absolute Gasteiger partial charge is 0.313 e. The normalized spacial score (nSPS) is 11.4. The van der Waals surface area contributed by atoms with Crippen LogP contribution >= 0.6 is 11.8 Å². The van der Waals surface area contributed by atoms with Crippen LogP contribution in [0, 0.1) is 0 Å². The van der Waals surface area contributed by atoms with E-state index in [2.05, 4.69) is 10.1 Å². The standard InChI is InChI=1S/C13H20N4O3S/c1-4-9-11-12(16(3)15-9)17(6-7-20-5-2)13(14-11)21-8-10(18)19/h4-8H2,1-3H3,(H,18,19). The van der Waals surface area contributed by atoms with E-state index in [4.69, 9.17) is 9.84 Å². The van der Waals surface area contributed by atoms with Crippen LogP contribution in [-0.4, -0.2) is 49.4 Å². The molecule has 0 aliphatic heterocycles. The molecule has 0 saturated carbocycles. The minimum Gasteiger partial charge on any atom is -0.481 e. The number of hydrogen-bond acceptors (Lipinski definition) is 5. The average Bonchev–Trinajstić information content (AvgIpc) is 2.95. The first-order valence-electron chi connectivity index (χ1n) is 6.92. The summed E-state index contributed by atoms with van der Waals surface area (Å²) in [6, 6.07) is 0. The molecule has 0 unspecified atom stereocenters. The molecule has 8 heteroatoms. The van der Waals surface area contributed by atoms with Crippen molar-refractivity contribution in [3.8, 4) is 0 Å². The number of ether oxygens (including phenoxy) is 1. The van der Waals surface area contributed by atoms with Crippen molar-refractivity contribution in [3.05, 3.63) is 5.69 Å². The van der Waals surface area contributed by atoms with Crippen molar-refractivity contribution in [2.75, 3.05) is 19.0 Å². The third-order valence-electron chi connectivity index (χ3n) is 3.08. The molecule has 0 aromatic carbocycles. The highest BCUT2D eigenvalue weighted by molar-refractivity contribution is 7.99. The summed E-state index contributed by atoms with van der Waals surface area (Å²) < 4.78 is 9.20. The molecule has 0 saturated heterocycles. The lowest BCUT2D eigenvalue weighted by atomic mass is 10.3. The van der Waals surface area contributed by atoms with Gasteiger partial charge in [-0.3, -0.25) is 9.48 Å². The number of aromatic nitrogens is 4. The second kappa shape index (κ2) is 6.95. The molecule has 2 heterocycles. The van der Waals surface area contributed by atoms with Gasteiger partial charge in [-0.25, -0.2) is 4.98 Å². The molecule has 1 N–H and O–H groups in total. The average molecular weight is 312 g/mol. The lowest BCUT2D eigenvalue weighted by Crippen LogP contribution is -2.10. The number of aryl methyl sites for hydroxylation is 2. The van der Waals surface area contributed by atoms with Gasteiger partial charge in [0.15, 0.2) is 10.8 Å². The van der Waals surface area contributed by atoms with Crippen molar-refractivity contribution in [1.29, 1.82) is 0 Å². The topological polar surface area (TPSA) is 82.2 Å². The summed E-state index contributed by atoms with van der Waals surface area (Å²) in [7, 11) is 1.88. The Morgan fingerprint density at radius 1 is 1.43 bits per heavy atom. The molecule has 0 radical (unpaired) electrons. The van der Waals surface area contributed by atoms with Gasteiger partial charge in [-0.05, 0) is 13.3 Å². The number of carboxylic acids is 1. The van der Waals surface area contributed by atoms with Gasteiger partial charge in [-0.15, -0.1) is 0 Å². The van der Waals surface area contributed by atoms with Crippen molar-refractivity contribution in [2.24, 2.45) is 7.05 Å². The molecular formula is C13H20N4O3S. The second-order valence-corrected chi connectivity index (χ2v) is 5.46. The Hall–Kier alpha value is -1.54. The van der Waals surface area contributed by atoms with E-state index in [1.807, 2.05) is 25.5 Å². The molecule has 0 spiro atoms. The highest BCUT2D eigenvalue weighted by Crippen LogP contribution is 2.26. The molecule has 0 fully saturated rings. The number of rotatable bonds is 8. The van der Waals surface area contributed by atoms with Crippen LogP contribution in [0.1, 0.15) is 19.5 Å². The largest absolute Gasteiger partial charge is 0.481 e. The lowest BCUT2D eigenvalue weighted by Gasteiger charge is -2.08. The highest BCUT2D eigenvalue weighted by Gasteiger charge is 2.19. The predicted octanol–water partition coefficient (Wildman–Crippen LogP) is 1.55. The molecule has 21 heavy (non-hydrogen) atoms. The van der Waals surface area contributed by atoms with E-state index >= 15 is 0 Å². The van der Waals surface area contributed by atoms with Gasteiger partial charge in [0.25, 0.3) is 0 Å². The van der Waals surface area contributed by atoms with E-state index in [1.165, 1.54) is 11.8 Å². The van der Waals surface area contributed by atoms with Gasteiger partial charge in [0.2, 0.25) is 0 Å². The first-order valence-corrected chi connectivity index (χ1v) is 7.91. The van der Waals surface area contributed by atoms with Crippen LogP contribution in [0.4, 0.5) is 0 Å². The van der Waals surface area contributed by atoms with Crippen LogP contribution in [0.2, 0.25) is 0 Å². The number of carboxylic acid groups (broad SMARTS) is 1. The van der Waals surface area contributed by atoms with E-state index in [1.54, 1.807) is 4.68 Å². The minimum absolute atomic E-state index is 0.00710. The Morgan fingerprint density at radius 2 is 2.19 bits per heavy atom. The minimum atomic E-state index is -0.850. The van der Waals surface area contributed by atoms with Crippen LogP contribution in [0.5, 0.6) is 0 Å². The first-order chi connectivity index (χ1) is 10.1. The Bertz CT molecular complexity index is 635. The third-order valence-corrected chi connectivity index (χ3v) is 4.04. The molecular weight excluding hydrogens is 292 g/mol. The zero-order valence-corrected chi connectivity index (χ0v) is 13.3. The maximum atomic E-state index is 10.8. The quantitative estimate of drug-likeness (QED) is 0.588. The Kier molecular flexibility index (Phi) is 5.24. The number of aliphatic carboxylic acids is 1. The number of carbonyl (C=O) groups is 1. The lowest BCUT2D eigenvalue weighted by molar-refractivity contribution is -0.133. The Balaban J connectivity index is 2.39. The van der Waals surface area contributed by atoms with Crippen LogP contribution < -0.4 is 0 Å². The molecule has 0 atom stereocenters. The summed E-state index contributed by atoms with van der Waals surface area (Å²) in [5.41, 5.74) is 2.70. The number of imidazole rings is 1. The monoisotopic (exact) mass is 312 g/mol. The van der Waals surface area contributed by atoms with Gasteiger partial charge in [0.05, 0.1) is 24.6 Å². The fourth-order valence-electron chi connectivity index (χ4n) is 2.20.